The van der Waals surface area contributed by atoms with Crippen LogP contribution in [0.4, 0.5) is 5.00 Å². The van der Waals surface area contributed by atoms with Crippen molar-refractivity contribution in [2.45, 2.75) is 33.1 Å². The summed E-state index contributed by atoms with van der Waals surface area (Å²) in [5, 5.41) is 3.48. The second kappa shape index (κ2) is 7.23. The summed E-state index contributed by atoms with van der Waals surface area (Å²) in [6.45, 7) is 4.44. The van der Waals surface area contributed by atoms with Crippen LogP contribution in [-0.4, -0.2) is 25.3 Å². The molecule has 0 saturated carbocycles. The molecule has 2 aromatic rings. The Morgan fingerprint density at radius 2 is 2.11 bits per heavy atom. The van der Waals surface area contributed by atoms with Gasteiger partial charge < -0.3 is 19.5 Å². The molecule has 142 valence electrons. The van der Waals surface area contributed by atoms with E-state index in [2.05, 4.69) is 12.2 Å². The van der Waals surface area contributed by atoms with Crippen LogP contribution in [0.1, 0.15) is 51.4 Å². The minimum atomic E-state index is -0.370. The van der Waals surface area contributed by atoms with E-state index in [1.54, 1.807) is 25.1 Å². The van der Waals surface area contributed by atoms with Crippen LogP contribution in [0.3, 0.4) is 0 Å². The number of hydrogen-bond acceptors (Lipinski definition) is 6. The van der Waals surface area contributed by atoms with E-state index in [-0.39, 0.29) is 18.7 Å². The average molecular weight is 387 g/mol. The van der Waals surface area contributed by atoms with Crippen LogP contribution < -0.4 is 14.8 Å². The lowest BCUT2D eigenvalue weighted by Crippen LogP contribution is -2.16. The SMILES string of the molecule is CCOC(=O)c1c(NC(=O)c2ccc3c(c2)OCO3)sc2c1CC[C@H](C)C2. The molecule has 0 radical (unpaired) electrons. The zero-order chi connectivity index (χ0) is 19.0. The van der Waals surface area contributed by atoms with Crippen molar-refractivity contribution < 1.29 is 23.8 Å². The van der Waals surface area contributed by atoms with Crippen molar-refractivity contribution in [1.82, 2.24) is 0 Å². The van der Waals surface area contributed by atoms with Crippen molar-refractivity contribution in [3.05, 3.63) is 39.8 Å². The molecular formula is C20H21NO5S. The third kappa shape index (κ3) is 3.39. The average Bonchev–Trinajstić information content (AvgIpc) is 3.24. The van der Waals surface area contributed by atoms with Crippen LogP contribution in [-0.2, 0) is 17.6 Å². The van der Waals surface area contributed by atoms with Crippen molar-refractivity contribution in [3.8, 4) is 11.5 Å². The Morgan fingerprint density at radius 1 is 1.30 bits per heavy atom. The molecule has 0 saturated heterocycles. The maximum atomic E-state index is 12.8. The second-order valence-electron chi connectivity index (χ2n) is 6.80. The summed E-state index contributed by atoms with van der Waals surface area (Å²) >= 11 is 1.48. The summed E-state index contributed by atoms with van der Waals surface area (Å²) in [5.74, 6) is 1.09. The van der Waals surface area contributed by atoms with Gasteiger partial charge in [0.2, 0.25) is 6.79 Å². The van der Waals surface area contributed by atoms with E-state index in [1.165, 1.54) is 11.3 Å². The number of rotatable bonds is 4. The van der Waals surface area contributed by atoms with Gasteiger partial charge in [-0.2, -0.15) is 0 Å². The second-order valence-corrected chi connectivity index (χ2v) is 7.90. The molecule has 1 atom stereocenters. The maximum Gasteiger partial charge on any atom is 0.341 e. The standard InChI is InChI=1S/C20H21NO5S/c1-3-24-20(23)17-13-6-4-11(2)8-16(13)27-19(17)21-18(22)12-5-7-14-15(9-12)26-10-25-14/h5,7,9,11H,3-4,6,8,10H2,1-2H3,(H,21,22)/t11-/m0/s1. The first kappa shape index (κ1) is 17.9. The fourth-order valence-corrected chi connectivity index (χ4v) is 4.87. The topological polar surface area (TPSA) is 73.9 Å². The molecule has 0 bridgehead atoms. The molecule has 2 aliphatic rings. The molecule has 1 aliphatic carbocycles. The van der Waals surface area contributed by atoms with Gasteiger partial charge in [0, 0.05) is 10.4 Å². The zero-order valence-electron chi connectivity index (χ0n) is 15.3. The van der Waals surface area contributed by atoms with E-state index in [9.17, 15) is 9.59 Å². The van der Waals surface area contributed by atoms with Crippen molar-refractivity contribution in [2.24, 2.45) is 5.92 Å². The van der Waals surface area contributed by atoms with Gasteiger partial charge in [-0.05, 0) is 55.9 Å². The highest BCUT2D eigenvalue weighted by molar-refractivity contribution is 7.17. The number of benzene rings is 1. The highest BCUT2D eigenvalue weighted by Crippen LogP contribution is 2.40. The molecule has 6 nitrogen and oxygen atoms in total. The van der Waals surface area contributed by atoms with Gasteiger partial charge in [-0.25, -0.2) is 4.79 Å². The summed E-state index contributed by atoms with van der Waals surface area (Å²) in [6.07, 6.45) is 2.79. The number of anilines is 1. The first-order valence-electron chi connectivity index (χ1n) is 9.09. The van der Waals surface area contributed by atoms with Gasteiger partial charge in [-0.15, -0.1) is 11.3 Å². The lowest BCUT2D eigenvalue weighted by atomic mass is 9.88. The third-order valence-electron chi connectivity index (χ3n) is 4.85. The lowest BCUT2D eigenvalue weighted by Gasteiger charge is -2.18. The molecule has 1 aromatic heterocycles. The van der Waals surface area contributed by atoms with Gasteiger partial charge in [0.1, 0.15) is 5.00 Å². The van der Waals surface area contributed by atoms with Crippen LogP contribution in [0.25, 0.3) is 0 Å². The first-order chi connectivity index (χ1) is 13.1. The molecule has 27 heavy (non-hydrogen) atoms. The van der Waals surface area contributed by atoms with E-state index in [0.717, 1.165) is 29.7 Å². The minimum Gasteiger partial charge on any atom is -0.462 e. The zero-order valence-corrected chi connectivity index (χ0v) is 16.1. The number of nitrogens with one attached hydrogen (secondary N) is 1. The number of esters is 1. The van der Waals surface area contributed by atoms with Gasteiger partial charge in [0.05, 0.1) is 12.2 Å². The fourth-order valence-electron chi connectivity index (χ4n) is 3.47. The summed E-state index contributed by atoms with van der Waals surface area (Å²) in [6, 6.07) is 5.05. The number of ether oxygens (including phenoxy) is 3. The molecule has 2 heterocycles. The Bertz CT molecular complexity index is 904. The Morgan fingerprint density at radius 3 is 2.93 bits per heavy atom. The molecule has 0 fully saturated rings. The molecule has 4 rings (SSSR count). The molecule has 1 aliphatic heterocycles. The monoisotopic (exact) mass is 387 g/mol. The molecule has 0 unspecified atom stereocenters. The fraction of sp³-hybridized carbons (Fsp3) is 0.400. The predicted octanol–water partition coefficient (Wildman–Crippen LogP) is 4.03. The van der Waals surface area contributed by atoms with Crippen LogP contribution >= 0.6 is 11.3 Å². The normalized spacial score (nSPS) is 17.3. The number of amides is 1. The predicted molar refractivity (Wildman–Crippen MR) is 102 cm³/mol. The molecule has 0 spiro atoms. The minimum absolute atomic E-state index is 0.156. The number of hydrogen-bond donors (Lipinski definition) is 1. The van der Waals surface area contributed by atoms with Gasteiger partial charge in [0.15, 0.2) is 11.5 Å². The number of fused-ring (bicyclic) bond motifs is 2. The third-order valence-corrected chi connectivity index (χ3v) is 6.02. The van der Waals surface area contributed by atoms with Gasteiger partial charge >= 0.3 is 5.97 Å². The highest BCUT2D eigenvalue weighted by Gasteiger charge is 2.29. The molecular weight excluding hydrogens is 366 g/mol. The van der Waals surface area contributed by atoms with Crippen LogP contribution in [0, 0.1) is 5.92 Å². The smallest absolute Gasteiger partial charge is 0.341 e. The van der Waals surface area contributed by atoms with Gasteiger partial charge in [0.25, 0.3) is 5.91 Å². The van der Waals surface area contributed by atoms with E-state index in [1.807, 2.05) is 0 Å². The molecule has 1 N–H and O–H groups in total. The van der Waals surface area contributed by atoms with Crippen molar-refractivity contribution >= 4 is 28.2 Å². The summed E-state index contributed by atoms with van der Waals surface area (Å²) in [7, 11) is 0. The van der Waals surface area contributed by atoms with E-state index < -0.39 is 0 Å². The molecule has 1 amide bonds. The summed E-state index contributed by atoms with van der Waals surface area (Å²) in [5.41, 5.74) is 1.99. The lowest BCUT2D eigenvalue weighted by molar-refractivity contribution is 0.0526. The van der Waals surface area contributed by atoms with Gasteiger partial charge in [-0.1, -0.05) is 6.92 Å². The van der Waals surface area contributed by atoms with Crippen molar-refractivity contribution in [1.29, 1.82) is 0 Å². The first-order valence-corrected chi connectivity index (χ1v) is 9.91. The van der Waals surface area contributed by atoms with Crippen LogP contribution in [0.5, 0.6) is 11.5 Å². The van der Waals surface area contributed by atoms with E-state index >= 15 is 0 Å². The van der Waals surface area contributed by atoms with E-state index in [4.69, 9.17) is 14.2 Å². The van der Waals surface area contributed by atoms with Crippen molar-refractivity contribution in [3.63, 3.8) is 0 Å². The molecule has 7 heteroatoms. The van der Waals surface area contributed by atoms with E-state index in [0.29, 0.717) is 40.2 Å². The number of thiophene rings is 1. The Labute approximate surface area is 161 Å². The van der Waals surface area contributed by atoms with Crippen molar-refractivity contribution in [2.75, 3.05) is 18.7 Å². The van der Waals surface area contributed by atoms with Gasteiger partial charge in [-0.3, -0.25) is 4.79 Å². The number of carbonyl (C=O) groups is 2. The van der Waals surface area contributed by atoms with Crippen LogP contribution in [0.15, 0.2) is 18.2 Å². The molecule has 1 aromatic carbocycles. The number of carbonyl (C=O) groups excluding carboxylic acids is 2. The maximum absolute atomic E-state index is 12.8. The Balaban J connectivity index is 1.64. The highest BCUT2D eigenvalue weighted by atomic mass is 32.1. The largest absolute Gasteiger partial charge is 0.462 e. The summed E-state index contributed by atoms with van der Waals surface area (Å²) < 4.78 is 15.9. The Kier molecular flexibility index (Phi) is 4.78. The quantitative estimate of drug-likeness (QED) is 0.802. The Hall–Kier alpha value is -2.54. The van der Waals surface area contributed by atoms with Crippen LogP contribution in [0.2, 0.25) is 0 Å². The summed E-state index contributed by atoms with van der Waals surface area (Å²) in [4.78, 5) is 26.5.